The van der Waals surface area contributed by atoms with Crippen LogP contribution in [0.2, 0.25) is 0 Å². The third-order valence-corrected chi connectivity index (χ3v) is 8.05. The predicted molar refractivity (Wildman–Crippen MR) is 127 cm³/mol. The van der Waals surface area contributed by atoms with Gasteiger partial charge in [-0.05, 0) is 97.3 Å². The lowest BCUT2D eigenvalue weighted by molar-refractivity contribution is 0.0146. The second-order valence-electron chi connectivity index (χ2n) is 11.3. The zero-order valence-corrected chi connectivity index (χ0v) is 21.1. The monoisotopic (exact) mass is 459 g/mol. The minimum absolute atomic E-state index is 0.102. The zero-order chi connectivity index (χ0) is 23.7. The van der Waals surface area contributed by atoms with Crippen LogP contribution in [0.25, 0.3) is 0 Å². The molecular formula is C25H37N3O3S. The number of hydrogen-bond donors (Lipinski definition) is 1. The number of carbonyl (C=O) groups excluding carboxylic acids is 1. The first-order valence-corrected chi connectivity index (χ1v) is 12.6. The van der Waals surface area contributed by atoms with Gasteiger partial charge in [-0.1, -0.05) is 12.1 Å². The van der Waals surface area contributed by atoms with Gasteiger partial charge >= 0.3 is 6.09 Å². The van der Waals surface area contributed by atoms with Crippen LogP contribution < -0.4 is 4.72 Å². The fourth-order valence-electron chi connectivity index (χ4n) is 4.89. The van der Waals surface area contributed by atoms with E-state index in [4.69, 9.17) is 10.00 Å². The molecule has 4 atom stereocenters. The molecule has 1 saturated heterocycles. The molecule has 3 rings (SSSR count). The van der Waals surface area contributed by atoms with Crippen molar-refractivity contribution in [3.05, 3.63) is 35.4 Å². The van der Waals surface area contributed by atoms with Crippen LogP contribution in [0.4, 0.5) is 4.79 Å². The zero-order valence-electron chi connectivity index (χ0n) is 20.2. The average molecular weight is 460 g/mol. The molecule has 1 spiro atoms. The van der Waals surface area contributed by atoms with Crippen molar-refractivity contribution in [2.24, 2.45) is 11.3 Å². The molecule has 4 unspecified atom stereocenters. The molecule has 6 nitrogen and oxygen atoms in total. The lowest BCUT2D eigenvalue weighted by atomic mass is 9.81. The Bertz CT molecular complexity index is 853. The molecule has 1 N–H and O–H groups in total. The van der Waals surface area contributed by atoms with E-state index >= 15 is 0 Å². The summed E-state index contributed by atoms with van der Waals surface area (Å²) in [4.78, 5) is 14.8. The van der Waals surface area contributed by atoms with Crippen molar-refractivity contribution in [3.63, 3.8) is 0 Å². The molecule has 1 aliphatic carbocycles. The largest absolute Gasteiger partial charge is 0.598 e. The van der Waals surface area contributed by atoms with Crippen molar-refractivity contribution >= 4 is 17.5 Å². The van der Waals surface area contributed by atoms with Gasteiger partial charge in [0, 0.05) is 23.3 Å². The van der Waals surface area contributed by atoms with Gasteiger partial charge < -0.3 is 9.29 Å². The third-order valence-electron chi connectivity index (χ3n) is 6.50. The minimum atomic E-state index is -1.29. The van der Waals surface area contributed by atoms with Crippen LogP contribution in [-0.2, 0) is 22.5 Å². The lowest BCUT2D eigenvalue weighted by Crippen LogP contribution is -2.57. The summed E-state index contributed by atoms with van der Waals surface area (Å²) in [6.07, 6.45) is 4.24. The normalized spacial score (nSPS) is 26.9. The molecule has 0 radical (unpaired) electrons. The van der Waals surface area contributed by atoms with Gasteiger partial charge in [0.25, 0.3) is 0 Å². The maximum absolute atomic E-state index is 13.0. The SMILES string of the molecule is CC(C)(C)OC(=O)N1CCC2(CCC(Cc3ccc(C#N)cc3)C2)C1N[S+]([O-])C(C)(C)C. The number of nitriles is 1. The van der Waals surface area contributed by atoms with Crippen molar-refractivity contribution in [1.29, 1.82) is 5.26 Å². The van der Waals surface area contributed by atoms with Crippen molar-refractivity contribution in [3.8, 4) is 6.07 Å². The molecule has 0 aromatic heterocycles. The van der Waals surface area contributed by atoms with Crippen LogP contribution in [0.5, 0.6) is 0 Å². The Morgan fingerprint density at radius 3 is 2.47 bits per heavy atom. The highest BCUT2D eigenvalue weighted by Gasteiger charge is 2.55. The van der Waals surface area contributed by atoms with Crippen LogP contribution >= 0.6 is 0 Å². The van der Waals surface area contributed by atoms with E-state index in [1.54, 1.807) is 4.90 Å². The topological polar surface area (TPSA) is 88.4 Å². The molecule has 1 aromatic rings. The maximum atomic E-state index is 13.0. The van der Waals surface area contributed by atoms with Crippen LogP contribution in [0.15, 0.2) is 24.3 Å². The molecule has 2 fully saturated rings. The van der Waals surface area contributed by atoms with E-state index in [1.165, 1.54) is 5.56 Å². The summed E-state index contributed by atoms with van der Waals surface area (Å²) in [5.74, 6) is 0.494. The predicted octanol–water partition coefficient (Wildman–Crippen LogP) is 4.91. The molecule has 1 aromatic carbocycles. The molecule has 1 amide bonds. The van der Waals surface area contributed by atoms with Crippen LogP contribution in [0.1, 0.15) is 78.4 Å². The number of hydrogen-bond acceptors (Lipinski definition) is 5. The van der Waals surface area contributed by atoms with Crippen LogP contribution in [0.3, 0.4) is 0 Å². The molecule has 2 aliphatic rings. The second-order valence-corrected chi connectivity index (χ2v) is 13.3. The highest BCUT2D eigenvalue weighted by Crippen LogP contribution is 2.52. The number of carbonyl (C=O) groups is 1. The smallest absolute Gasteiger partial charge is 0.411 e. The number of nitrogens with one attached hydrogen (secondary N) is 1. The van der Waals surface area contributed by atoms with Gasteiger partial charge in [-0.25, -0.2) is 4.79 Å². The number of nitrogens with zero attached hydrogens (tertiary/aromatic N) is 2. The van der Waals surface area contributed by atoms with Gasteiger partial charge in [0.2, 0.25) is 0 Å². The standard InChI is InChI=1S/C25H37N3O3S/c1-23(2,3)31-22(29)28-14-13-25(21(28)27-32(30)24(4,5)6)12-11-20(16-25)15-18-7-9-19(17-26)10-8-18/h7-10,20-21,27H,11-16H2,1-6H3. The van der Waals surface area contributed by atoms with Crippen molar-refractivity contribution in [2.45, 2.75) is 90.2 Å². The highest BCUT2D eigenvalue weighted by molar-refractivity contribution is 7.90. The van der Waals surface area contributed by atoms with Gasteiger partial charge in [-0.15, -0.1) is 4.72 Å². The van der Waals surface area contributed by atoms with E-state index in [0.717, 1.165) is 32.1 Å². The summed E-state index contributed by atoms with van der Waals surface area (Å²) in [6.45, 7) is 12.0. The van der Waals surface area contributed by atoms with Gasteiger partial charge in [-0.3, -0.25) is 4.90 Å². The molecule has 7 heteroatoms. The summed E-state index contributed by atoms with van der Waals surface area (Å²) in [6, 6.07) is 9.99. The van der Waals surface area contributed by atoms with E-state index in [1.807, 2.05) is 65.8 Å². The Morgan fingerprint density at radius 1 is 1.25 bits per heavy atom. The first-order valence-electron chi connectivity index (χ1n) is 11.5. The summed E-state index contributed by atoms with van der Waals surface area (Å²) in [5.41, 5.74) is 1.23. The Labute approximate surface area is 196 Å². The molecule has 32 heavy (non-hydrogen) atoms. The minimum Gasteiger partial charge on any atom is -0.598 e. The highest BCUT2D eigenvalue weighted by atomic mass is 32.2. The third kappa shape index (κ3) is 5.78. The molecule has 1 aliphatic heterocycles. The first kappa shape index (κ1) is 24.9. The van der Waals surface area contributed by atoms with Gasteiger partial charge in [0.15, 0.2) is 0 Å². The summed E-state index contributed by atoms with van der Waals surface area (Å²) in [5, 5.41) is 9.03. The molecular weight excluding hydrogens is 422 g/mol. The quantitative estimate of drug-likeness (QED) is 0.647. The summed E-state index contributed by atoms with van der Waals surface area (Å²) < 4.78 is 21.6. The summed E-state index contributed by atoms with van der Waals surface area (Å²) >= 11 is -1.29. The van der Waals surface area contributed by atoms with E-state index in [-0.39, 0.29) is 17.7 Å². The fourth-order valence-corrected chi connectivity index (χ4v) is 5.83. The number of ether oxygens (including phenoxy) is 1. The number of amides is 1. The molecule has 1 heterocycles. The number of benzene rings is 1. The lowest BCUT2D eigenvalue weighted by Gasteiger charge is -2.38. The Hall–Kier alpha value is -1.75. The Kier molecular flexibility index (Phi) is 7.19. The van der Waals surface area contributed by atoms with Gasteiger partial charge in [-0.2, -0.15) is 5.26 Å². The van der Waals surface area contributed by atoms with E-state index in [0.29, 0.717) is 18.0 Å². The van der Waals surface area contributed by atoms with Crippen molar-refractivity contribution in [1.82, 2.24) is 9.62 Å². The molecule has 1 saturated carbocycles. The first-order chi connectivity index (χ1) is 14.8. The molecule has 176 valence electrons. The Balaban J connectivity index is 1.78. The number of rotatable bonds is 4. The molecule has 0 bridgehead atoms. The average Bonchev–Trinajstić information content (AvgIpc) is 3.25. The van der Waals surface area contributed by atoms with E-state index in [2.05, 4.69) is 10.8 Å². The van der Waals surface area contributed by atoms with Gasteiger partial charge in [0.1, 0.15) is 16.5 Å². The second kappa shape index (κ2) is 9.24. The fraction of sp³-hybridized carbons (Fsp3) is 0.680. The Morgan fingerprint density at radius 2 is 1.91 bits per heavy atom. The van der Waals surface area contributed by atoms with Gasteiger partial charge in [0.05, 0.1) is 11.6 Å². The maximum Gasteiger partial charge on any atom is 0.411 e. The van der Waals surface area contributed by atoms with Crippen LogP contribution in [0, 0.1) is 22.7 Å². The van der Waals surface area contributed by atoms with Crippen LogP contribution in [-0.4, -0.2) is 38.6 Å². The number of likely N-dealkylation sites (tertiary alicyclic amines) is 1. The summed E-state index contributed by atoms with van der Waals surface area (Å²) in [7, 11) is 0. The van der Waals surface area contributed by atoms with E-state index < -0.39 is 21.7 Å². The van der Waals surface area contributed by atoms with E-state index in [9.17, 15) is 9.35 Å². The van der Waals surface area contributed by atoms with Crippen molar-refractivity contribution < 1.29 is 14.1 Å². The van der Waals surface area contributed by atoms with Crippen molar-refractivity contribution in [2.75, 3.05) is 6.54 Å².